The molecule has 6 heteroatoms. The van der Waals surface area contributed by atoms with E-state index in [4.69, 9.17) is 16.3 Å². The van der Waals surface area contributed by atoms with Crippen molar-refractivity contribution >= 4 is 39.1 Å². The van der Waals surface area contributed by atoms with Gasteiger partial charge in [-0.2, -0.15) is 0 Å². The number of aromatic nitrogens is 1. The molecule has 0 spiro atoms. The van der Waals surface area contributed by atoms with Crippen LogP contribution in [-0.2, 0) is 0 Å². The Morgan fingerprint density at radius 3 is 2.80 bits per heavy atom. The van der Waals surface area contributed by atoms with Gasteiger partial charge in [-0.05, 0) is 47.1 Å². The second-order valence-corrected chi connectivity index (χ2v) is 5.19. The van der Waals surface area contributed by atoms with E-state index in [-0.39, 0.29) is 5.91 Å². The first-order chi connectivity index (χ1) is 9.60. The topological polar surface area (TPSA) is 51.2 Å². The Kier molecular flexibility index (Phi) is 4.98. The third-order valence-electron chi connectivity index (χ3n) is 2.46. The number of anilines is 1. The number of nitrogens with one attached hydrogen (secondary N) is 1. The van der Waals surface area contributed by atoms with Gasteiger partial charge in [-0.1, -0.05) is 11.6 Å². The van der Waals surface area contributed by atoms with Crippen LogP contribution in [0, 0.1) is 0 Å². The highest BCUT2D eigenvalue weighted by molar-refractivity contribution is 9.10. The number of amides is 1. The Hall–Kier alpha value is -1.59. The molecule has 104 valence electrons. The van der Waals surface area contributed by atoms with E-state index >= 15 is 0 Å². The summed E-state index contributed by atoms with van der Waals surface area (Å²) in [4.78, 5) is 16.2. The van der Waals surface area contributed by atoms with E-state index in [0.29, 0.717) is 33.2 Å². The van der Waals surface area contributed by atoms with Gasteiger partial charge in [0, 0.05) is 15.6 Å². The molecule has 1 heterocycles. The minimum absolute atomic E-state index is 0.237. The van der Waals surface area contributed by atoms with Crippen LogP contribution in [0.4, 0.5) is 5.69 Å². The molecule has 0 aliphatic heterocycles. The van der Waals surface area contributed by atoms with Crippen LogP contribution in [0.1, 0.15) is 17.3 Å². The molecule has 0 fully saturated rings. The van der Waals surface area contributed by atoms with Gasteiger partial charge in [0.05, 0.1) is 24.1 Å². The number of benzene rings is 1. The number of hydrogen-bond donors (Lipinski definition) is 1. The molecule has 20 heavy (non-hydrogen) atoms. The zero-order valence-corrected chi connectivity index (χ0v) is 13.0. The van der Waals surface area contributed by atoms with Crippen molar-refractivity contribution in [2.45, 2.75) is 6.92 Å². The summed E-state index contributed by atoms with van der Waals surface area (Å²) in [5.41, 5.74) is 1.10. The first-order valence-corrected chi connectivity index (χ1v) is 7.12. The maximum absolute atomic E-state index is 12.1. The fraction of sp³-hybridized carbons (Fsp3) is 0.143. The summed E-state index contributed by atoms with van der Waals surface area (Å²) in [5, 5.41) is 3.32. The largest absolute Gasteiger partial charge is 0.478 e. The molecule has 1 amide bonds. The first-order valence-electron chi connectivity index (χ1n) is 5.95. The highest BCUT2D eigenvalue weighted by atomic mass is 79.9. The zero-order chi connectivity index (χ0) is 14.5. The first kappa shape index (κ1) is 14.8. The monoisotopic (exact) mass is 354 g/mol. The molecular formula is C14H12BrClN2O2. The van der Waals surface area contributed by atoms with Crippen LogP contribution in [0.2, 0.25) is 5.02 Å². The number of carbonyl (C=O) groups excluding carboxylic acids is 1. The zero-order valence-electron chi connectivity index (χ0n) is 10.7. The van der Waals surface area contributed by atoms with Gasteiger partial charge in [0.1, 0.15) is 0 Å². The number of hydrogen-bond acceptors (Lipinski definition) is 3. The summed E-state index contributed by atoms with van der Waals surface area (Å²) in [6.45, 7) is 2.44. The lowest BCUT2D eigenvalue weighted by molar-refractivity contribution is 0.102. The molecule has 4 nitrogen and oxygen atoms in total. The van der Waals surface area contributed by atoms with Gasteiger partial charge >= 0.3 is 0 Å². The lowest BCUT2D eigenvalue weighted by Gasteiger charge is -2.08. The molecule has 0 radical (unpaired) electrons. The molecule has 1 aromatic heterocycles. The van der Waals surface area contributed by atoms with Gasteiger partial charge in [-0.25, -0.2) is 4.98 Å². The van der Waals surface area contributed by atoms with Crippen molar-refractivity contribution in [3.63, 3.8) is 0 Å². The Balaban J connectivity index is 2.11. The van der Waals surface area contributed by atoms with E-state index in [2.05, 4.69) is 26.2 Å². The molecule has 0 bridgehead atoms. The summed E-state index contributed by atoms with van der Waals surface area (Å²) in [6.07, 6.45) is 1.55. The Morgan fingerprint density at radius 2 is 2.20 bits per heavy atom. The predicted octanol–water partition coefficient (Wildman–Crippen LogP) is 4.15. The molecule has 2 aromatic rings. The Labute approximate surface area is 130 Å². The molecule has 1 aromatic carbocycles. The van der Waals surface area contributed by atoms with E-state index in [1.165, 1.54) is 0 Å². The fourth-order valence-corrected chi connectivity index (χ4v) is 2.42. The summed E-state index contributed by atoms with van der Waals surface area (Å²) in [7, 11) is 0. The summed E-state index contributed by atoms with van der Waals surface area (Å²) >= 11 is 9.16. The standard InChI is InChI=1S/C14H12BrClN2O2/c1-2-20-13-6-4-10(8-17-13)18-14(19)11-5-3-9(16)7-12(11)15/h3-8H,2H2,1H3,(H,18,19). The molecule has 0 saturated carbocycles. The highest BCUT2D eigenvalue weighted by Gasteiger charge is 2.10. The smallest absolute Gasteiger partial charge is 0.256 e. The molecular weight excluding hydrogens is 344 g/mol. The van der Waals surface area contributed by atoms with Crippen LogP contribution in [0.25, 0.3) is 0 Å². The van der Waals surface area contributed by atoms with Crippen molar-refractivity contribution < 1.29 is 9.53 Å². The highest BCUT2D eigenvalue weighted by Crippen LogP contribution is 2.22. The van der Waals surface area contributed by atoms with E-state index in [9.17, 15) is 4.79 Å². The maximum atomic E-state index is 12.1. The Bertz CT molecular complexity index is 617. The van der Waals surface area contributed by atoms with Crippen LogP contribution in [0.5, 0.6) is 5.88 Å². The van der Waals surface area contributed by atoms with Crippen molar-refractivity contribution in [1.82, 2.24) is 4.98 Å². The van der Waals surface area contributed by atoms with Gasteiger partial charge in [-0.3, -0.25) is 4.79 Å². The van der Waals surface area contributed by atoms with Gasteiger partial charge in [0.25, 0.3) is 5.91 Å². The van der Waals surface area contributed by atoms with Crippen molar-refractivity contribution in [2.24, 2.45) is 0 Å². The lowest BCUT2D eigenvalue weighted by atomic mass is 10.2. The number of pyridine rings is 1. The predicted molar refractivity (Wildman–Crippen MR) is 82.5 cm³/mol. The molecule has 1 N–H and O–H groups in total. The van der Waals surface area contributed by atoms with Gasteiger partial charge < -0.3 is 10.1 Å². The summed E-state index contributed by atoms with van der Waals surface area (Å²) < 4.78 is 5.88. The third-order valence-corrected chi connectivity index (χ3v) is 3.35. The van der Waals surface area contributed by atoms with E-state index in [0.717, 1.165) is 0 Å². The van der Waals surface area contributed by atoms with Gasteiger partial charge in [-0.15, -0.1) is 0 Å². The number of rotatable bonds is 4. The number of nitrogens with zero attached hydrogens (tertiary/aromatic N) is 1. The number of ether oxygens (including phenoxy) is 1. The van der Waals surface area contributed by atoms with Crippen LogP contribution >= 0.6 is 27.5 Å². The molecule has 2 rings (SSSR count). The SMILES string of the molecule is CCOc1ccc(NC(=O)c2ccc(Cl)cc2Br)cn1. The molecule has 0 aliphatic carbocycles. The van der Waals surface area contributed by atoms with E-state index < -0.39 is 0 Å². The van der Waals surface area contributed by atoms with Crippen LogP contribution in [0.15, 0.2) is 41.0 Å². The minimum Gasteiger partial charge on any atom is -0.478 e. The average molecular weight is 356 g/mol. The lowest BCUT2D eigenvalue weighted by Crippen LogP contribution is -2.12. The summed E-state index contributed by atoms with van der Waals surface area (Å²) in [5.74, 6) is 0.290. The fourth-order valence-electron chi connectivity index (χ4n) is 1.56. The maximum Gasteiger partial charge on any atom is 0.256 e. The third kappa shape index (κ3) is 3.71. The second kappa shape index (κ2) is 6.72. The van der Waals surface area contributed by atoms with Gasteiger partial charge in [0.15, 0.2) is 0 Å². The molecule has 0 atom stereocenters. The molecule has 0 unspecified atom stereocenters. The van der Waals surface area contributed by atoms with Crippen LogP contribution in [-0.4, -0.2) is 17.5 Å². The van der Waals surface area contributed by atoms with Crippen LogP contribution in [0.3, 0.4) is 0 Å². The Morgan fingerprint density at radius 1 is 1.40 bits per heavy atom. The van der Waals surface area contributed by atoms with Crippen LogP contribution < -0.4 is 10.1 Å². The normalized spacial score (nSPS) is 10.2. The van der Waals surface area contributed by atoms with Crippen molar-refractivity contribution in [1.29, 1.82) is 0 Å². The van der Waals surface area contributed by atoms with E-state index in [1.807, 2.05) is 6.92 Å². The minimum atomic E-state index is -0.237. The van der Waals surface area contributed by atoms with Gasteiger partial charge in [0.2, 0.25) is 5.88 Å². The van der Waals surface area contributed by atoms with Crippen molar-refractivity contribution in [3.8, 4) is 5.88 Å². The summed E-state index contributed by atoms with van der Waals surface area (Å²) in [6, 6.07) is 8.43. The number of halogens is 2. The molecule has 0 aliphatic rings. The average Bonchev–Trinajstić information content (AvgIpc) is 2.41. The van der Waals surface area contributed by atoms with Crippen molar-refractivity contribution in [2.75, 3.05) is 11.9 Å². The number of carbonyl (C=O) groups is 1. The second-order valence-electron chi connectivity index (χ2n) is 3.90. The molecule has 0 saturated heterocycles. The quantitative estimate of drug-likeness (QED) is 0.896. The van der Waals surface area contributed by atoms with E-state index in [1.54, 1.807) is 36.5 Å². The van der Waals surface area contributed by atoms with Crippen molar-refractivity contribution in [3.05, 3.63) is 51.6 Å².